The number of rotatable bonds is 3. The second kappa shape index (κ2) is 7.46. The molecule has 1 amide bonds. The number of carbonyl (C=O) groups excluding carboxylic acids is 1. The molecule has 0 saturated heterocycles. The van der Waals surface area contributed by atoms with Gasteiger partial charge in [0, 0.05) is 28.1 Å². The van der Waals surface area contributed by atoms with Crippen LogP contribution in [-0.4, -0.2) is 16.0 Å². The van der Waals surface area contributed by atoms with Crippen molar-refractivity contribution < 1.29 is 14.3 Å². The largest absolute Gasteiger partial charge is 0.508 e. The van der Waals surface area contributed by atoms with E-state index in [-0.39, 0.29) is 16.9 Å². The molecule has 2 heterocycles. The van der Waals surface area contributed by atoms with Gasteiger partial charge in [0.1, 0.15) is 16.9 Å². The number of carbonyl (C=O) groups is 1. The molecule has 0 atom stereocenters. The van der Waals surface area contributed by atoms with E-state index in [2.05, 4.69) is 15.3 Å². The van der Waals surface area contributed by atoms with Crippen molar-refractivity contribution in [2.45, 2.75) is 6.92 Å². The van der Waals surface area contributed by atoms with Gasteiger partial charge in [-0.15, -0.1) is 11.3 Å². The molecule has 0 spiro atoms. The second-order valence-electron chi connectivity index (χ2n) is 6.02. The minimum absolute atomic E-state index is 0.0566. The van der Waals surface area contributed by atoms with E-state index in [1.165, 1.54) is 23.5 Å². The van der Waals surface area contributed by atoms with Crippen molar-refractivity contribution in [2.24, 2.45) is 4.99 Å². The minimum Gasteiger partial charge on any atom is -0.508 e. The van der Waals surface area contributed by atoms with Crippen LogP contribution in [0, 0.1) is 6.92 Å². The summed E-state index contributed by atoms with van der Waals surface area (Å²) < 4.78 is 5.87. The lowest BCUT2D eigenvalue weighted by Crippen LogP contribution is -2.21. The molecule has 140 valence electrons. The molecule has 8 heteroatoms. The van der Waals surface area contributed by atoms with Gasteiger partial charge < -0.3 is 9.52 Å². The van der Waals surface area contributed by atoms with Gasteiger partial charge in [-0.1, -0.05) is 17.7 Å². The van der Waals surface area contributed by atoms with Crippen LogP contribution in [0.4, 0.5) is 10.8 Å². The minimum atomic E-state index is -0.396. The van der Waals surface area contributed by atoms with Gasteiger partial charge in [0.2, 0.25) is 5.55 Å². The zero-order chi connectivity index (χ0) is 19.7. The lowest BCUT2D eigenvalue weighted by Gasteiger charge is -2.06. The first-order valence-electron chi connectivity index (χ1n) is 8.28. The van der Waals surface area contributed by atoms with Gasteiger partial charge >= 0.3 is 0 Å². The molecule has 0 bridgehead atoms. The number of aromatic hydroxyl groups is 1. The van der Waals surface area contributed by atoms with E-state index >= 15 is 0 Å². The highest BCUT2D eigenvalue weighted by molar-refractivity contribution is 7.13. The predicted molar refractivity (Wildman–Crippen MR) is 109 cm³/mol. The highest BCUT2D eigenvalue weighted by Crippen LogP contribution is 2.24. The molecule has 2 aromatic carbocycles. The number of hydrogen-bond donors (Lipinski definition) is 2. The maximum Gasteiger partial charge on any atom is 0.262 e. The van der Waals surface area contributed by atoms with Crippen molar-refractivity contribution in [3.8, 4) is 5.75 Å². The number of aryl methyl sites for hydroxylation is 1. The molecule has 28 heavy (non-hydrogen) atoms. The molecular weight excluding hydrogens is 398 g/mol. The maximum absolute atomic E-state index is 12.8. The fourth-order valence-electron chi connectivity index (χ4n) is 2.61. The first kappa shape index (κ1) is 18.2. The van der Waals surface area contributed by atoms with Crippen molar-refractivity contribution in [3.63, 3.8) is 0 Å². The Kier molecular flexibility index (Phi) is 4.85. The molecule has 0 aliphatic rings. The van der Waals surface area contributed by atoms with Crippen LogP contribution in [0.15, 0.2) is 63.5 Å². The Balaban J connectivity index is 1.92. The van der Waals surface area contributed by atoms with Crippen LogP contribution in [-0.2, 0) is 0 Å². The average Bonchev–Trinajstić information content (AvgIpc) is 3.17. The molecule has 6 nitrogen and oxygen atoms in total. The predicted octanol–water partition coefficient (Wildman–Crippen LogP) is 5.04. The zero-order valence-electron chi connectivity index (χ0n) is 14.6. The normalized spacial score (nSPS) is 11.7. The summed E-state index contributed by atoms with van der Waals surface area (Å²) in [4.78, 5) is 21.4. The number of amides is 1. The number of phenolic OH excluding ortho intramolecular Hbond substituents is 1. The molecule has 0 unspecified atom stereocenters. The summed E-state index contributed by atoms with van der Waals surface area (Å²) >= 11 is 7.40. The van der Waals surface area contributed by atoms with E-state index in [1.807, 2.05) is 13.0 Å². The maximum atomic E-state index is 12.8. The monoisotopic (exact) mass is 411 g/mol. The van der Waals surface area contributed by atoms with Crippen LogP contribution in [0.1, 0.15) is 15.9 Å². The SMILES string of the molecule is Cc1ccc(Cl)cc1N=c1oc2cc(O)ccc2cc1C(=O)Nc1nccs1. The van der Waals surface area contributed by atoms with Gasteiger partial charge in [-0.05, 0) is 42.8 Å². The van der Waals surface area contributed by atoms with Gasteiger partial charge in [-0.3, -0.25) is 10.1 Å². The van der Waals surface area contributed by atoms with Crippen LogP contribution in [0.25, 0.3) is 11.0 Å². The first-order valence-corrected chi connectivity index (χ1v) is 9.54. The van der Waals surface area contributed by atoms with Crippen molar-refractivity contribution in [3.05, 3.63) is 75.7 Å². The van der Waals surface area contributed by atoms with Gasteiger partial charge in [0.15, 0.2) is 5.13 Å². The Labute approximate surface area is 168 Å². The number of nitrogens with zero attached hydrogens (tertiary/aromatic N) is 2. The molecule has 0 saturated carbocycles. The summed E-state index contributed by atoms with van der Waals surface area (Å²) in [7, 11) is 0. The second-order valence-corrected chi connectivity index (χ2v) is 7.35. The van der Waals surface area contributed by atoms with E-state index in [1.54, 1.807) is 35.8 Å². The number of phenols is 1. The van der Waals surface area contributed by atoms with Gasteiger partial charge in [0.05, 0.1) is 5.69 Å². The number of nitrogens with one attached hydrogen (secondary N) is 1. The van der Waals surface area contributed by atoms with Crippen LogP contribution >= 0.6 is 22.9 Å². The number of aromatic nitrogens is 1. The summed E-state index contributed by atoms with van der Waals surface area (Å²) in [6.45, 7) is 1.89. The Morgan fingerprint density at radius 2 is 2.11 bits per heavy atom. The summed E-state index contributed by atoms with van der Waals surface area (Å²) in [6, 6.07) is 11.6. The molecular formula is C20H14ClN3O3S. The number of anilines is 1. The van der Waals surface area contributed by atoms with Crippen LogP contribution in [0.2, 0.25) is 5.02 Å². The Morgan fingerprint density at radius 3 is 2.89 bits per heavy atom. The molecule has 4 rings (SSSR count). The third-order valence-corrected chi connectivity index (χ3v) is 4.95. The quantitative estimate of drug-likeness (QED) is 0.494. The number of thiazole rings is 1. The Morgan fingerprint density at radius 1 is 1.25 bits per heavy atom. The van der Waals surface area contributed by atoms with Crippen molar-refractivity contribution in [2.75, 3.05) is 5.32 Å². The summed E-state index contributed by atoms with van der Waals surface area (Å²) in [5.74, 6) is -0.340. The van der Waals surface area contributed by atoms with Crippen LogP contribution < -0.4 is 10.9 Å². The molecule has 0 radical (unpaired) electrons. The highest BCUT2D eigenvalue weighted by atomic mass is 35.5. The number of benzene rings is 2. The zero-order valence-corrected chi connectivity index (χ0v) is 16.2. The molecule has 4 aromatic rings. The summed E-state index contributed by atoms with van der Waals surface area (Å²) in [6.07, 6.45) is 1.61. The standard InChI is InChI=1S/C20H14ClN3O3S/c1-11-2-4-13(21)9-16(11)23-19-15(18(26)24-20-22-6-7-28-20)8-12-3-5-14(25)10-17(12)27-19/h2-10,25H,1H3,(H,22,24,26). The average molecular weight is 412 g/mol. The third-order valence-electron chi connectivity index (χ3n) is 4.02. The fraction of sp³-hybridized carbons (Fsp3) is 0.0500. The van der Waals surface area contributed by atoms with Crippen LogP contribution in [0.5, 0.6) is 5.75 Å². The highest BCUT2D eigenvalue weighted by Gasteiger charge is 2.15. The van der Waals surface area contributed by atoms with Crippen molar-refractivity contribution in [1.29, 1.82) is 0 Å². The number of hydrogen-bond acceptors (Lipinski definition) is 6. The lowest BCUT2D eigenvalue weighted by molar-refractivity contribution is 0.102. The lowest BCUT2D eigenvalue weighted by atomic mass is 10.1. The Bertz CT molecular complexity index is 1250. The Hall–Kier alpha value is -3.16. The molecule has 0 fully saturated rings. The van der Waals surface area contributed by atoms with Gasteiger partial charge in [-0.25, -0.2) is 9.98 Å². The van der Waals surface area contributed by atoms with Crippen LogP contribution in [0.3, 0.4) is 0 Å². The molecule has 0 aliphatic heterocycles. The smallest absolute Gasteiger partial charge is 0.262 e. The first-order chi connectivity index (χ1) is 13.5. The van der Waals surface area contributed by atoms with Gasteiger partial charge in [0.25, 0.3) is 5.91 Å². The number of fused-ring (bicyclic) bond motifs is 1. The van der Waals surface area contributed by atoms with E-state index in [0.29, 0.717) is 26.8 Å². The topological polar surface area (TPSA) is 87.7 Å². The van der Waals surface area contributed by atoms with Gasteiger partial charge in [-0.2, -0.15) is 0 Å². The molecule has 2 aromatic heterocycles. The van der Waals surface area contributed by atoms with E-state index in [0.717, 1.165) is 5.56 Å². The summed E-state index contributed by atoms with van der Waals surface area (Å²) in [5, 5.41) is 15.9. The fourth-order valence-corrected chi connectivity index (χ4v) is 3.31. The molecule has 0 aliphatic carbocycles. The van der Waals surface area contributed by atoms with E-state index in [4.69, 9.17) is 16.0 Å². The summed E-state index contributed by atoms with van der Waals surface area (Å²) in [5.41, 5.74) is 2.22. The van der Waals surface area contributed by atoms with Crippen molar-refractivity contribution >= 4 is 50.6 Å². The van der Waals surface area contributed by atoms with Crippen molar-refractivity contribution in [1.82, 2.24) is 4.98 Å². The van der Waals surface area contributed by atoms with E-state index < -0.39 is 5.91 Å². The molecule has 2 N–H and O–H groups in total. The van der Waals surface area contributed by atoms with E-state index in [9.17, 15) is 9.90 Å². The number of halogens is 1. The third kappa shape index (κ3) is 3.76.